The van der Waals surface area contributed by atoms with E-state index in [9.17, 15) is 54.9 Å². The molecule has 2 aliphatic carbocycles. The summed E-state index contributed by atoms with van der Waals surface area (Å²) in [6.07, 6.45) is -9.07. The Kier molecular flexibility index (Phi) is 8.58. The van der Waals surface area contributed by atoms with Crippen LogP contribution in [0, 0.1) is 6.92 Å². The summed E-state index contributed by atoms with van der Waals surface area (Å²) in [5, 5.41) is 79.1. The van der Waals surface area contributed by atoms with Gasteiger partial charge in [0.1, 0.15) is 53.5 Å². The number of ether oxygens (including phenoxy) is 3. The molecular formula is C34H34N2O14. The van der Waals surface area contributed by atoms with Gasteiger partial charge in [0, 0.05) is 28.3 Å². The summed E-state index contributed by atoms with van der Waals surface area (Å²) in [6.45, 7) is 4.12. The van der Waals surface area contributed by atoms with Gasteiger partial charge in [-0.05, 0) is 49.6 Å². The number of amides is 1. The first kappa shape index (κ1) is 34.8. The van der Waals surface area contributed by atoms with E-state index in [2.05, 4.69) is 5.32 Å². The zero-order chi connectivity index (χ0) is 36.7. The van der Waals surface area contributed by atoms with Gasteiger partial charge in [-0.1, -0.05) is 6.07 Å². The van der Waals surface area contributed by atoms with Gasteiger partial charge in [0.2, 0.25) is 0 Å². The molecule has 264 valence electrons. The number of carbonyl (C=O) groups is 4. The second-order valence-corrected chi connectivity index (χ2v) is 12.5. The number of carbonyl (C=O) groups excluding carboxylic acids is 3. The van der Waals surface area contributed by atoms with Crippen molar-refractivity contribution >= 4 is 23.4 Å². The molecule has 8 atom stereocenters. The van der Waals surface area contributed by atoms with Gasteiger partial charge in [0.15, 0.2) is 17.9 Å². The SMILES string of the molecule is COc1cc(O)c2c(c1)C(=O)c1c(cc3c(c1O)-c1c(cc(C)c(C(=O)NC(C)C(=O)O)c1O)[C@H](OC1OC(C)C(N)C(O)C1O)[C@H]3O)C2=O. The van der Waals surface area contributed by atoms with Gasteiger partial charge in [-0.2, -0.15) is 0 Å². The molecule has 16 nitrogen and oxygen atoms in total. The van der Waals surface area contributed by atoms with E-state index < -0.39 is 106 Å². The van der Waals surface area contributed by atoms with Gasteiger partial charge in [-0.25, -0.2) is 0 Å². The normalized spacial score (nSPS) is 25.9. The summed E-state index contributed by atoms with van der Waals surface area (Å²) in [5.41, 5.74) is 2.92. The number of rotatable bonds is 6. The zero-order valence-corrected chi connectivity index (χ0v) is 27.0. The molecule has 0 aromatic heterocycles. The molecule has 1 amide bonds. The highest BCUT2D eigenvalue weighted by Gasteiger charge is 2.48. The van der Waals surface area contributed by atoms with E-state index in [1.54, 1.807) is 0 Å². The Morgan fingerprint density at radius 2 is 1.52 bits per heavy atom. The van der Waals surface area contributed by atoms with Gasteiger partial charge in [-0.3, -0.25) is 19.2 Å². The van der Waals surface area contributed by atoms with Crippen LogP contribution in [0.15, 0.2) is 24.3 Å². The average Bonchev–Trinajstić information content (AvgIpc) is 3.06. The Balaban J connectivity index is 1.60. The van der Waals surface area contributed by atoms with Crippen LogP contribution in [-0.4, -0.2) is 103 Å². The van der Waals surface area contributed by atoms with Crippen LogP contribution >= 0.6 is 0 Å². The third-order valence-corrected chi connectivity index (χ3v) is 9.43. The van der Waals surface area contributed by atoms with Gasteiger partial charge in [0.05, 0.1) is 35.9 Å². The molecule has 50 heavy (non-hydrogen) atoms. The molecule has 3 aromatic carbocycles. The zero-order valence-electron chi connectivity index (χ0n) is 27.0. The van der Waals surface area contributed by atoms with Crippen molar-refractivity contribution in [3.05, 3.63) is 68.8 Å². The summed E-state index contributed by atoms with van der Waals surface area (Å²) in [5.74, 6) is -6.39. The summed E-state index contributed by atoms with van der Waals surface area (Å²) in [4.78, 5) is 52.5. The van der Waals surface area contributed by atoms with Crippen LogP contribution in [-0.2, 0) is 14.3 Å². The molecule has 0 spiro atoms. The molecule has 0 bridgehead atoms. The molecule has 0 saturated carbocycles. The van der Waals surface area contributed by atoms with E-state index in [1.807, 2.05) is 0 Å². The minimum Gasteiger partial charge on any atom is -0.507 e. The smallest absolute Gasteiger partial charge is 0.325 e. The number of aliphatic hydroxyl groups excluding tert-OH is 3. The predicted octanol–water partition coefficient (Wildman–Crippen LogP) is 0.664. The Morgan fingerprint density at radius 3 is 2.16 bits per heavy atom. The second-order valence-electron chi connectivity index (χ2n) is 12.5. The Labute approximate surface area is 283 Å². The first-order valence-corrected chi connectivity index (χ1v) is 15.4. The van der Waals surface area contributed by atoms with E-state index in [0.29, 0.717) is 0 Å². The van der Waals surface area contributed by atoms with Crippen molar-refractivity contribution < 1.29 is 69.1 Å². The van der Waals surface area contributed by atoms with Crippen LogP contribution in [0.4, 0.5) is 0 Å². The maximum atomic E-state index is 13.9. The minimum absolute atomic E-state index is 0.0379. The number of fused-ring (bicyclic) bond motifs is 5. The highest BCUT2D eigenvalue weighted by Crippen LogP contribution is 2.57. The van der Waals surface area contributed by atoms with Crippen LogP contribution in [0.25, 0.3) is 11.1 Å². The van der Waals surface area contributed by atoms with Crippen LogP contribution in [0.5, 0.6) is 23.0 Å². The largest absolute Gasteiger partial charge is 0.507 e. The van der Waals surface area contributed by atoms with Crippen molar-refractivity contribution in [2.45, 2.75) is 69.7 Å². The minimum atomic E-state index is -1.81. The van der Waals surface area contributed by atoms with Crippen molar-refractivity contribution in [3.8, 4) is 34.1 Å². The number of benzene rings is 3. The molecule has 3 aliphatic rings. The van der Waals surface area contributed by atoms with Crippen molar-refractivity contribution in [3.63, 3.8) is 0 Å². The lowest BCUT2D eigenvalue weighted by Crippen LogP contribution is -2.61. The molecule has 1 fully saturated rings. The fourth-order valence-corrected chi connectivity index (χ4v) is 6.72. The number of carboxylic acids is 1. The quantitative estimate of drug-likeness (QED) is 0.134. The molecule has 1 heterocycles. The van der Waals surface area contributed by atoms with Crippen molar-refractivity contribution in [2.75, 3.05) is 7.11 Å². The number of aryl methyl sites for hydroxylation is 1. The monoisotopic (exact) mass is 694 g/mol. The fourth-order valence-electron chi connectivity index (χ4n) is 6.72. The number of aliphatic carboxylic acids is 1. The maximum absolute atomic E-state index is 13.9. The molecular weight excluding hydrogens is 660 g/mol. The standard InChI is InChI=1S/C34H34N2O14/c1-9-5-16-21(27(41)18(9)32(45)36-10(2)33(46)47)20-14(26(40)31(16)50-34-30(44)29(43)23(35)11(3)49-34)8-15-22(28(20)42)25(39)13-6-12(48-4)7-17(37)19(13)24(15)38/h5-8,10-11,23,26,29-31,34,37,40-44H,35H2,1-4H3,(H,36,45)(H,46,47)/t10?,11?,23?,26-,29?,30?,31-,34?/m0/s1. The first-order chi connectivity index (χ1) is 23.5. The van der Waals surface area contributed by atoms with E-state index in [1.165, 1.54) is 40.0 Å². The fraction of sp³-hybridized carbons (Fsp3) is 0.353. The van der Waals surface area contributed by atoms with Gasteiger partial charge < -0.3 is 61.0 Å². The summed E-state index contributed by atoms with van der Waals surface area (Å²) in [7, 11) is 1.28. The number of hydrogen-bond donors (Lipinski definition) is 9. The average molecular weight is 695 g/mol. The lowest BCUT2D eigenvalue weighted by atomic mass is 9.74. The van der Waals surface area contributed by atoms with Crippen molar-refractivity contribution in [2.24, 2.45) is 5.73 Å². The van der Waals surface area contributed by atoms with E-state index >= 15 is 0 Å². The molecule has 1 aliphatic heterocycles. The van der Waals surface area contributed by atoms with Crippen LogP contribution in [0.2, 0.25) is 0 Å². The third-order valence-electron chi connectivity index (χ3n) is 9.43. The number of aromatic hydroxyl groups is 3. The molecule has 16 heteroatoms. The predicted molar refractivity (Wildman–Crippen MR) is 169 cm³/mol. The van der Waals surface area contributed by atoms with Gasteiger partial charge in [0.25, 0.3) is 5.91 Å². The molecule has 6 rings (SSSR count). The number of nitrogens with one attached hydrogen (secondary N) is 1. The van der Waals surface area contributed by atoms with Crippen molar-refractivity contribution in [1.82, 2.24) is 5.32 Å². The number of phenolic OH excluding ortho intramolecular Hbond substituents is 3. The molecule has 0 radical (unpaired) electrons. The Hall–Kier alpha value is -5.10. The third kappa shape index (κ3) is 5.15. The molecule has 6 unspecified atom stereocenters. The van der Waals surface area contributed by atoms with Crippen LogP contribution < -0.4 is 15.8 Å². The van der Waals surface area contributed by atoms with Crippen LogP contribution in [0.3, 0.4) is 0 Å². The Morgan fingerprint density at radius 1 is 0.900 bits per heavy atom. The topological polar surface area (TPSA) is 276 Å². The second kappa shape index (κ2) is 12.3. The van der Waals surface area contributed by atoms with E-state index in [0.717, 1.165) is 12.1 Å². The van der Waals surface area contributed by atoms with E-state index in [-0.39, 0.29) is 44.7 Å². The maximum Gasteiger partial charge on any atom is 0.325 e. The lowest BCUT2D eigenvalue weighted by molar-refractivity contribution is -0.293. The number of ketones is 2. The highest BCUT2D eigenvalue weighted by atomic mass is 16.7. The molecule has 1 saturated heterocycles. The number of hydrogen-bond acceptors (Lipinski definition) is 14. The molecule has 10 N–H and O–H groups in total. The number of carboxylic acid groups (broad SMARTS) is 1. The number of aliphatic hydroxyl groups is 3. The number of methoxy groups -OCH3 is 1. The number of nitrogens with two attached hydrogens (primary N) is 1. The van der Waals surface area contributed by atoms with Gasteiger partial charge >= 0.3 is 5.97 Å². The molecule has 3 aromatic rings. The lowest BCUT2D eigenvalue weighted by Gasteiger charge is -2.43. The van der Waals surface area contributed by atoms with Crippen molar-refractivity contribution in [1.29, 1.82) is 0 Å². The Bertz CT molecular complexity index is 1990. The number of phenols is 3. The summed E-state index contributed by atoms with van der Waals surface area (Å²) in [6, 6.07) is 2.34. The highest BCUT2D eigenvalue weighted by molar-refractivity contribution is 6.31. The first-order valence-electron chi connectivity index (χ1n) is 15.4. The van der Waals surface area contributed by atoms with Crippen LogP contribution in [0.1, 0.15) is 84.9 Å². The summed E-state index contributed by atoms with van der Waals surface area (Å²) >= 11 is 0. The summed E-state index contributed by atoms with van der Waals surface area (Å²) < 4.78 is 16.9. The van der Waals surface area contributed by atoms with E-state index in [4.69, 9.17) is 19.9 Å². The van der Waals surface area contributed by atoms with Gasteiger partial charge in [-0.15, -0.1) is 0 Å².